The first-order valence-electron chi connectivity index (χ1n) is 7.99. The molecule has 0 bridgehead atoms. The number of nitro benzene ring substituents is 2. The molecule has 1 aliphatic heterocycles. The molecule has 1 saturated heterocycles. The molecule has 0 radical (unpaired) electrons. The monoisotopic (exact) mass is 375 g/mol. The summed E-state index contributed by atoms with van der Waals surface area (Å²) in [6, 6.07) is 8.69. The van der Waals surface area contributed by atoms with Gasteiger partial charge in [0.1, 0.15) is 6.10 Å². The normalized spacial score (nSPS) is 16.2. The molecule has 3 rings (SSSR count). The average Bonchev–Trinajstić information content (AvgIpc) is 3.11. The molecule has 0 spiro atoms. The van der Waals surface area contributed by atoms with E-state index >= 15 is 0 Å². The van der Waals surface area contributed by atoms with Gasteiger partial charge in [0.15, 0.2) is 11.6 Å². The molecule has 2 aromatic carbocycles. The topological polar surface area (TPSA) is 116 Å². The van der Waals surface area contributed by atoms with Crippen LogP contribution >= 0.6 is 0 Å². The van der Waals surface area contributed by atoms with Crippen molar-refractivity contribution in [3.8, 4) is 5.75 Å². The van der Waals surface area contributed by atoms with Gasteiger partial charge >= 0.3 is 0 Å². The highest BCUT2D eigenvalue weighted by Gasteiger charge is 2.30. The van der Waals surface area contributed by atoms with E-state index in [2.05, 4.69) is 0 Å². The first-order chi connectivity index (χ1) is 12.8. The third kappa shape index (κ3) is 4.00. The number of ether oxygens (including phenoxy) is 1. The number of non-ortho nitro benzene ring substituents is 2. The van der Waals surface area contributed by atoms with Gasteiger partial charge in [-0.05, 0) is 12.1 Å². The maximum absolute atomic E-state index is 13.7. The van der Waals surface area contributed by atoms with Gasteiger partial charge in [-0.3, -0.25) is 25.0 Å². The Hall–Kier alpha value is -3.56. The molecule has 0 aliphatic carbocycles. The molecular formula is C17H14FN3O6. The molecule has 2 aromatic rings. The molecule has 27 heavy (non-hydrogen) atoms. The van der Waals surface area contributed by atoms with Gasteiger partial charge in [-0.1, -0.05) is 12.1 Å². The Morgan fingerprint density at radius 1 is 1.11 bits per heavy atom. The van der Waals surface area contributed by atoms with Gasteiger partial charge in [-0.15, -0.1) is 0 Å². The van der Waals surface area contributed by atoms with Crippen LogP contribution in [0.3, 0.4) is 0 Å². The van der Waals surface area contributed by atoms with Crippen LogP contribution in [0.25, 0.3) is 0 Å². The molecule has 1 atom stereocenters. The van der Waals surface area contributed by atoms with Crippen LogP contribution in [0.4, 0.5) is 15.8 Å². The van der Waals surface area contributed by atoms with Crippen LogP contribution in [0.5, 0.6) is 5.75 Å². The summed E-state index contributed by atoms with van der Waals surface area (Å²) in [6.07, 6.45) is -0.00331. The zero-order valence-corrected chi connectivity index (χ0v) is 13.9. The van der Waals surface area contributed by atoms with E-state index in [1.807, 2.05) is 0 Å². The summed E-state index contributed by atoms with van der Waals surface area (Å²) in [5, 5.41) is 21.9. The predicted molar refractivity (Wildman–Crippen MR) is 91.1 cm³/mol. The highest BCUT2D eigenvalue weighted by molar-refractivity contribution is 5.95. The first-order valence-corrected chi connectivity index (χ1v) is 7.99. The van der Waals surface area contributed by atoms with Crippen LogP contribution in [0, 0.1) is 26.0 Å². The summed E-state index contributed by atoms with van der Waals surface area (Å²) >= 11 is 0. The number of likely N-dealkylation sites (tertiary alicyclic amines) is 1. The fourth-order valence-corrected chi connectivity index (χ4v) is 2.84. The molecule has 9 nitrogen and oxygen atoms in total. The average molecular weight is 375 g/mol. The number of hydrogen-bond acceptors (Lipinski definition) is 6. The van der Waals surface area contributed by atoms with Crippen molar-refractivity contribution in [2.24, 2.45) is 0 Å². The van der Waals surface area contributed by atoms with Crippen molar-refractivity contribution in [1.82, 2.24) is 4.90 Å². The number of nitro groups is 2. The van der Waals surface area contributed by atoms with Gasteiger partial charge in [0.05, 0.1) is 28.0 Å². The highest BCUT2D eigenvalue weighted by Crippen LogP contribution is 2.26. The summed E-state index contributed by atoms with van der Waals surface area (Å²) < 4.78 is 19.2. The fraction of sp³-hybridized carbons (Fsp3) is 0.235. The third-order valence-corrected chi connectivity index (χ3v) is 4.13. The van der Waals surface area contributed by atoms with Crippen molar-refractivity contribution < 1.29 is 23.8 Å². The molecule has 0 N–H and O–H groups in total. The Morgan fingerprint density at radius 3 is 2.33 bits per heavy atom. The Labute approximate surface area is 152 Å². The SMILES string of the molecule is O=C(c1cc([N+](=O)[O-])cc([N+](=O)[O-])c1)N1CC[C@H](Oc2ccccc2F)C1. The van der Waals surface area contributed by atoms with E-state index in [1.54, 1.807) is 6.07 Å². The lowest BCUT2D eigenvalue weighted by Crippen LogP contribution is -2.31. The van der Waals surface area contributed by atoms with Gasteiger partial charge in [0.2, 0.25) is 0 Å². The van der Waals surface area contributed by atoms with Gasteiger partial charge in [-0.2, -0.15) is 0 Å². The number of hydrogen-bond donors (Lipinski definition) is 0. The fourth-order valence-electron chi connectivity index (χ4n) is 2.84. The lowest BCUT2D eigenvalue weighted by Gasteiger charge is -2.17. The van der Waals surface area contributed by atoms with Gasteiger partial charge < -0.3 is 9.64 Å². The lowest BCUT2D eigenvalue weighted by atomic mass is 10.1. The second-order valence-corrected chi connectivity index (χ2v) is 5.96. The molecule has 1 amide bonds. The molecule has 1 fully saturated rings. The summed E-state index contributed by atoms with van der Waals surface area (Å²) in [4.78, 5) is 34.3. The van der Waals surface area contributed by atoms with Crippen LogP contribution < -0.4 is 4.74 Å². The Kier molecular flexibility index (Phi) is 4.97. The molecule has 0 unspecified atom stereocenters. The van der Waals surface area contributed by atoms with E-state index in [4.69, 9.17) is 4.74 Å². The van der Waals surface area contributed by atoms with Crippen LogP contribution in [0.2, 0.25) is 0 Å². The van der Waals surface area contributed by atoms with Crippen molar-refractivity contribution in [3.05, 3.63) is 74.1 Å². The van der Waals surface area contributed by atoms with Crippen molar-refractivity contribution >= 4 is 17.3 Å². The largest absolute Gasteiger partial charge is 0.485 e. The second kappa shape index (κ2) is 7.36. The van der Waals surface area contributed by atoms with Crippen LogP contribution in [-0.2, 0) is 0 Å². The van der Waals surface area contributed by atoms with Crippen molar-refractivity contribution in [2.75, 3.05) is 13.1 Å². The maximum Gasteiger partial charge on any atom is 0.277 e. The maximum atomic E-state index is 13.7. The van der Waals surface area contributed by atoms with E-state index < -0.39 is 39.0 Å². The van der Waals surface area contributed by atoms with E-state index in [0.717, 1.165) is 18.2 Å². The minimum Gasteiger partial charge on any atom is -0.485 e. The second-order valence-electron chi connectivity index (χ2n) is 5.96. The molecule has 0 aromatic heterocycles. The number of halogens is 1. The van der Waals surface area contributed by atoms with Gasteiger partial charge in [-0.25, -0.2) is 4.39 Å². The van der Waals surface area contributed by atoms with E-state index in [1.165, 1.54) is 23.1 Å². The minimum atomic E-state index is -0.794. The Morgan fingerprint density at radius 2 is 1.74 bits per heavy atom. The van der Waals surface area contributed by atoms with Gasteiger partial charge in [0.25, 0.3) is 17.3 Å². The van der Waals surface area contributed by atoms with E-state index in [9.17, 15) is 29.4 Å². The quantitative estimate of drug-likeness (QED) is 0.586. The molecule has 0 saturated carbocycles. The zero-order chi connectivity index (χ0) is 19.6. The predicted octanol–water partition coefficient (Wildman–Crippen LogP) is 2.94. The number of para-hydroxylation sites is 1. The summed E-state index contributed by atoms with van der Waals surface area (Å²) in [5.41, 5.74) is -1.22. The number of rotatable bonds is 5. The van der Waals surface area contributed by atoms with E-state index in [-0.39, 0.29) is 24.4 Å². The van der Waals surface area contributed by atoms with Crippen molar-refractivity contribution in [2.45, 2.75) is 12.5 Å². The Balaban J connectivity index is 1.76. The number of amides is 1. The summed E-state index contributed by atoms with van der Waals surface area (Å²) in [7, 11) is 0. The van der Waals surface area contributed by atoms with Crippen molar-refractivity contribution in [1.29, 1.82) is 0 Å². The van der Waals surface area contributed by atoms with Crippen LogP contribution in [-0.4, -0.2) is 39.8 Å². The standard InChI is InChI=1S/C17H14FN3O6/c18-15-3-1-2-4-16(15)27-14-5-6-19(10-14)17(22)11-7-12(20(23)24)9-13(8-11)21(25)26/h1-4,7-9,14H,5-6,10H2/t14-/m0/s1. The lowest BCUT2D eigenvalue weighted by molar-refractivity contribution is -0.394. The molecule has 140 valence electrons. The zero-order valence-electron chi connectivity index (χ0n) is 13.9. The molecule has 1 aliphatic rings. The number of nitrogens with zero attached hydrogens (tertiary/aromatic N) is 3. The highest BCUT2D eigenvalue weighted by atomic mass is 19.1. The van der Waals surface area contributed by atoms with Crippen LogP contribution in [0.1, 0.15) is 16.8 Å². The van der Waals surface area contributed by atoms with Crippen LogP contribution in [0.15, 0.2) is 42.5 Å². The number of carbonyl (C=O) groups excluding carboxylic acids is 1. The molecular weight excluding hydrogens is 361 g/mol. The summed E-state index contributed by atoms with van der Waals surface area (Å²) in [5.74, 6) is -1.03. The smallest absolute Gasteiger partial charge is 0.277 e. The molecule has 1 heterocycles. The third-order valence-electron chi connectivity index (χ3n) is 4.13. The number of benzene rings is 2. The summed E-state index contributed by atoms with van der Waals surface area (Å²) in [6.45, 7) is 0.429. The van der Waals surface area contributed by atoms with Gasteiger partial charge in [0, 0.05) is 25.1 Å². The Bertz CT molecular complexity index is 887. The molecule has 10 heteroatoms. The van der Waals surface area contributed by atoms with Crippen molar-refractivity contribution in [3.63, 3.8) is 0 Å². The minimum absolute atomic E-state index is 0.0720. The number of carbonyl (C=O) groups is 1. The van der Waals surface area contributed by atoms with E-state index in [0.29, 0.717) is 6.42 Å². The first kappa shape index (κ1) is 18.2.